The van der Waals surface area contributed by atoms with E-state index < -0.39 is 11.9 Å². The smallest absolute Gasteiger partial charge is 0.314 e. The molecule has 13 nitrogen and oxygen atoms in total. The summed E-state index contributed by atoms with van der Waals surface area (Å²) in [4.78, 5) is 54.5. The molecule has 0 unspecified atom stereocenters. The van der Waals surface area contributed by atoms with E-state index in [0.717, 1.165) is 11.3 Å². The fourth-order valence-electron chi connectivity index (χ4n) is 3.92. The average molecular weight is 552 g/mol. The van der Waals surface area contributed by atoms with E-state index in [2.05, 4.69) is 10.6 Å². The molecule has 2 aromatic rings. The number of benzene rings is 1. The number of aromatic nitrogens is 1. The number of anilines is 2. The highest BCUT2D eigenvalue weighted by molar-refractivity contribution is 7.07. The number of carbonyl (C=O) groups is 3. The van der Waals surface area contributed by atoms with Crippen LogP contribution in [0.1, 0.15) is 6.92 Å². The summed E-state index contributed by atoms with van der Waals surface area (Å²) in [5, 5.41) is 23.6. The minimum atomic E-state index is -0.725. The normalized spacial score (nSPS) is 14.7. The molecule has 204 valence electrons. The van der Waals surface area contributed by atoms with Gasteiger partial charge >= 0.3 is 6.03 Å². The van der Waals surface area contributed by atoms with Crippen molar-refractivity contribution in [1.82, 2.24) is 19.7 Å². The van der Waals surface area contributed by atoms with Crippen LogP contribution in [-0.2, 0) is 16.1 Å². The minimum Gasteiger partial charge on any atom is -0.360 e. The van der Waals surface area contributed by atoms with Gasteiger partial charge in [0.25, 0.3) is 11.5 Å². The fraction of sp³-hybridized carbons (Fsp3) is 0.360. The summed E-state index contributed by atoms with van der Waals surface area (Å²) in [6.45, 7) is 3.98. The molecule has 14 heteroatoms. The van der Waals surface area contributed by atoms with Gasteiger partial charge in [0, 0.05) is 57.3 Å². The van der Waals surface area contributed by atoms with Gasteiger partial charge in [-0.3, -0.25) is 23.9 Å². The first-order chi connectivity index (χ1) is 18.7. The van der Waals surface area contributed by atoms with E-state index in [1.54, 1.807) is 49.2 Å². The first-order valence-corrected chi connectivity index (χ1v) is 12.9. The SMILES string of the molecule is CCn1c(=C(C#N)C(=O)NCC#N)sc(=CNc2cccc(N(C)C(=O)CN3CCN(C(N)=O)CC3)c2)c1=O. The van der Waals surface area contributed by atoms with E-state index in [0.29, 0.717) is 37.6 Å². The van der Waals surface area contributed by atoms with Crippen LogP contribution in [0.4, 0.5) is 16.2 Å². The number of nitrogens with one attached hydrogen (secondary N) is 2. The summed E-state index contributed by atoms with van der Waals surface area (Å²) in [5.74, 6) is -0.844. The Labute approximate surface area is 228 Å². The molecule has 4 N–H and O–H groups in total. The van der Waals surface area contributed by atoms with Gasteiger partial charge in [0.1, 0.15) is 21.8 Å². The predicted octanol–water partition coefficient (Wildman–Crippen LogP) is -1.25. The van der Waals surface area contributed by atoms with Crippen molar-refractivity contribution in [2.45, 2.75) is 13.5 Å². The van der Waals surface area contributed by atoms with Crippen LogP contribution in [0, 0.1) is 22.7 Å². The second kappa shape index (κ2) is 13.2. The van der Waals surface area contributed by atoms with Crippen molar-refractivity contribution in [2.24, 2.45) is 5.73 Å². The van der Waals surface area contributed by atoms with Crippen LogP contribution in [0.25, 0.3) is 11.8 Å². The molecule has 0 radical (unpaired) electrons. The van der Waals surface area contributed by atoms with Gasteiger partial charge in [-0.2, -0.15) is 10.5 Å². The zero-order valence-corrected chi connectivity index (χ0v) is 22.5. The maximum Gasteiger partial charge on any atom is 0.314 e. The second-order valence-electron chi connectivity index (χ2n) is 8.54. The third-order valence-corrected chi connectivity index (χ3v) is 7.26. The fourth-order valence-corrected chi connectivity index (χ4v) is 5.00. The van der Waals surface area contributed by atoms with Gasteiger partial charge in [-0.25, -0.2) is 4.79 Å². The van der Waals surface area contributed by atoms with Crippen molar-refractivity contribution in [2.75, 3.05) is 56.5 Å². The molecule has 0 aliphatic carbocycles. The standard InChI is InChI=1S/C25H29N9O4S/c1-3-34-23(37)20(39-24(34)19(14-27)22(36)29-8-7-26)15-30-17-5-4-6-18(13-17)31(2)21(35)16-32-9-11-33(12-10-32)25(28)38/h4-6,13,15,30H,3,8-12,16H2,1-2H3,(H2,28,38)(H,29,36). The van der Waals surface area contributed by atoms with E-state index in [-0.39, 0.29) is 45.9 Å². The highest BCUT2D eigenvalue weighted by atomic mass is 32.1. The number of nitrogens with two attached hydrogens (primary N) is 1. The Balaban J connectivity index is 1.78. The molecule has 0 atom stereocenters. The van der Waals surface area contributed by atoms with E-state index in [1.807, 2.05) is 11.0 Å². The highest BCUT2D eigenvalue weighted by Crippen LogP contribution is 2.19. The summed E-state index contributed by atoms with van der Waals surface area (Å²) in [6.07, 6.45) is 1.49. The quantitative estimate of drug-likeness (QED) is 0.340. The van der Waals surface area contributed by atoms with E-state index in [9.17, 15) is 24.4 Å². The molecule has 2 heterocycles. The van der Waals surface area contributed by atoms with Crippen LogP contribution >= 0.6 is 11.3 Å². The number of nitrogens with zero attached hydrogens (tertiary/aromatic N) is 6. The number of nitriles is 2. The summed E-state index contributed by atoms with van der Waals surface area (Å²) in [6, 6.07) is 10.2. The number of thiazole rings is 1. The lowest BCUT2D eigenvalue weighted by molar-refractivity contribution is -0.119. The predicted molar refractivity (Wildman–Crippen MR) is 147 cm³/mol. The second-order valence-corrected chi connectivity index (χ2v) is 9.57. The first kappa shape index (κ1) is 28.9. The van der Waals surface area contributed by atoms with Gasteiger partial charge < -0.3 is 26.2 Å². The zero-order valence-electron chi connectivity index (χ0n) is 21.6. The van der Waals surface area contributed by atoms with Crippen molar-refractivity contribution >= 4 is 52.3 Å². The van der Waals surface area contributed by atoms with Crippen LogP contribution in [0.5, 0.6) is 0 Å². The van der Waals surface area contributed by atoms with Gasteiger partial charge in [0.05, 0.1) is 12.6 Å². The van der Waals surface area contributed by atoms with Gasteiger partial charge in [-0.15, -0.1) is 11.3 Å². The maximum atomic E-state index is 12.9. The number of primary amides is 1. The van der Waals surface area contributed by atoms with Crippen molar-refractivity contribution in [1.29, 1.82) is 10.5 Å². The summed E-state index contributed by atoms with van der Waals surface area (Å²) >= 11 is 0.988. The van der Waals surface area contributed by atoms with Crippen LogP contribution in [0.2, 0.25) is 0 Å². The van der Waals surface area contributed by atoms with Crippen LogP contribution < -0.4 is 36.0 Å². The number of hydrogen-bond donors (Lipinski definition) is 3. The number of carbonyl (C=O) groups excluding carboxylic acids is 3. The van der Waals surface area contributed by atoms with E-state index >= 15 is 0 Å². The van der Waals surface area contributed by atoms with E-state index in [1.165, 1.54) is 15.7 Å². The molecule has 1 aromatic heterocycles. The van der Waals surface area contributed by atoms with Crippen LogP contribution in [0.15, 0.2) is 29.1 Å². The van der Waals surface area contributed by atoms with Crippen LogP contribution in [0.3, 0.4) is 0 Å². The van der Waals surface area contributed by atoms with Crippen molar-refractivity contribution < 1.29 is 14.4 Å². The number of urea groups is 1. The van der Waals surface area contributed by atoms with Gasteiger partial charge in [-0.05, 0) is 25.1 Å². The Kier molecular flexibility index (Phi) is 9.80. The monoisotopic (exact) mass is 551 g/mol. The Hall–Kier alpha value is -4.66. The molecule has 39 heavy (non-hydrogen) atoms. The maximum absolute atomic E-state index is 12.9. The summed E-state index contributed by atoms with van der Waals surface area (Å²) in [5.41, 5.74) is 5.96. The van der Waals surface area contributed by atoms with Crippen molar-refractivity contribution in [3.63, 3.8) is 0 Å². The molecular weight excluding hydrogens is 522 g/mol. The van der Waals surface area contributed by atoms with Gasteiger partial charge in [0.2, 0.25) is 5.91 Å². The molecule has 1 aliphatic rings. The Morgan fingerprint density at radius 1 is 1.21 bits per heavy atom. The van der Waals surface area contributed by atoms with Gasteiger partial charge in [-0.1, -0.05) is 6.07 Å². The molecular formula is C25H29N9O4S. The molecule has 1 aromatic carbocycles. The minimum absolute atomic E-state index is 0.119. The Bertz CT molecular complexity index is 1510. The third kappa shape index (κ3) is 7.01. The topological polar surface area (TPSA) is 181 Å². The molecule has 4 amide bonds. The summed E-state index contributed by atoms with van der Waals surface area (Å²) < 4.78 is 1.80. The van der Waals surface area contributed by atoms with Crippen molar-refractivity contribution in [3.05, 3.63) is 43.8 Å². The van der Waals surface area contributed by atoms with Gasteiger partial charge in [0.15, 0.2) is 5.57 Å². The van der Waals surface area contributed by atoms with Crippen LogP contribution in [-0.4, -0.2) is 78.5 Å². The number of hydrogen-bond acceptors (Lipinski definition) is 9. The van der Waals surface area contributed by atoms with Crippen molar-refractivity contribution in [3.8, 4) is 12.1 Å². The lowest BCUT2D eigenvalue weighted by Gasteiger charge is -2.34. The molecule has 0 saturated carbocycles. The molecule has 1 saturated heterocycles. The third-order valence-electron chi connectivity index (χ3n) is 6.12. The molecule has 1 aliphatic heterocycles. The highest BCUT2D eigenvalue weighted by Gasteiger charge is 2.22. The molecule has 0 spiro atoms. The zero-order chi connectivity index (χ0) is 28.5. The number of piperazine rings is 1. The molecule has 3 rings (SSSR count). The number of rotatable bonds is 8. The number of likely N-dealkylation sites (N-methyl/N-ethyl adjacent to an activating group) is 1. The number of amides is 4. The van der Waals surface area contributed by atoms with E-state index in [4.69, 9.17) is 11.0 Å². The molecule has 0 bridgehead atoms. The largest absolute Gasteiger partial charge is 0.360 e. The average Bonchev–Trinajstić information content (AvgIpc) is 3.25. The Morgan fingerprint density at radius 2 is 1.92 bits per heavy atom. The lowest BCUT2D eigenvalue weighted by Crippen LogP contribution is -2.52. The Morgan fingerprint density at radius 3 is 2.54 bits per heavy atom. The summed E-state index contributed by atoms with van der Waals surface area (Å²) in [7, 11) is 1.67. The molecule has 1 fully saturated rings. The lowest BCUT2D eigenvalue weighted by atomic mass is 10.2. The first-order valence-electron chi connectivity index (χ1n) is 12.1.